The number of halogens is 2. The Hall–Kier alpha value is -2.24. The normalized spacial score (nSPS) is 10.8. The molecule has 2 rings (SSSR count). The maximum Gasteiger partial charge on any atom is 0.353 e. The summed E-state index contributed by atoms with van der Waals surface area (Å²) in [6, 6.07) is 1.69. The number of fused-ring (bicyclic) bond motifs is 1. The summed E-state index contributed by atoms with van der Waals surface area (Å²) in [5.74, 6) is -3.54. The molecule has 2 aromatic rings. The fraction of sp³-hybridized carbons (Fsp3) is 0.0909. The van der Waals surface area contributed by atoms with Crippen LogP contribution in [-0.2, 0) is 7.05 Å². The Morgan fingerprint density at radius 2 is 1.94 bits per heavy atom. The van der Waals surface area contributed by atoms with Crippen LogP contribution in [-0.4, -0.2) is 21.9 Å². The van der Waals surface area contributed by atoms with Crippen molar-refractivity contribution in [3.8, 4) is 0 Å². The van der Waals surface area contributed by atoms with Crippen molar-refractivity contribution >= 4 is 23.2 Å². The van der Waals surface area contributed by atoms with E-state index in [4.69, 9.17) is 5.11 Å². The fourth-order valence-electron chi connectivity index (χ4n) is 1.84. The number of benzene rings is 1. The second-order valence-electron chi connectivity index (χ2n) is 3.53. The Balaban J connectivity index is 2.99. The topological polar surface area (TPSA) is 59.3 Å². The van der Waals surface area contributed by atoms with Crippen LogP contribution in [0.5, 0.6) is 0 Å². The average molecular weight is 239 g/mol. The highest BCUT2D eigenvalue weighted by Crippen LogP contribution is 2.26. The molecule has 0 radical (unpaired) electrons. The van der Waals surface area contributed by atoms with E-state index in [0.29, 0.717) is 6.29 Å². The van der Waals surface area contributed by atoms with E-state index in [0.717, 1.165) is 16.7 Å². The number of hydrogen-bond acceptors (Lipinski definition) is 2. The summed E-state index contributed by atoms with van der Waals surface area (Å²) in [6.07, 6.45) is 0.323. The summed E-state index contributed by atoms with van der Waals surface area (Å²) >= 11 is 0. The van der Waals surface area contributed by atoms with Crippen molar-refractivity contribution in [3.63, 3.8) is 0 Å². The van der Waals surface area contributed by atoms with Gasteiger partial charge in [0.15, 0.2) is 17.9 Å². The molecule has 1 N–H and O–H groups in total. The van der Waals surface area contributed by atoms with Crippen LogP contribution in [0.3, 0.4) is 0 Å². The van der Waals surface area contributed by atoms with Crippen molar-refractivity contribution < 1.29 is 23.5 Å². The zero-order valence-electron chi connectivity index (χ0n) is 8.70. The molecule has 0 fully saturated rings. The zero-order chi connectivity index (χ0) is 12.7. The van der Waals surface area contributed by atoms with E-state index in [1.165, 1.54) is 7.05 Å². The van der Waals surface area contributed by atoms with Gasteiger partial charge in [0.05, 0.1) is 11.1 Å². The summed E-state index contributed by atoms with van der Waals surface area (Å²) in [5.41, 5.74) is -0.294. The second-order valence-corrected chi connectivity index (χ2v) is 3.53. The Morgan fingerprint density at radius 1 is 1.35 bits per heavy atom. The molecule has 0 aliphatic heterocycles. The van der Waals surface area contributed by atoms with Crippen molar-refractivity contribution in [1.29, 1.82) is 0 Å². The van der Waals surface area contributed by atoms with Crippen LogP contribution in [0.1, 0.15) is 20.8 Å². The number of carbonyl (C=O) groups excluding carboxylic acids is 1. The van der Waals surface area contributed by atoms with Gasteiger partial charge in [0.1, 0.15) is 5.69 Å². The molecule has 1 aromatic heterocycles. The van der Waals surface area contributed by atoms with Crippen LogP contribution < -0.4 is 0 Å². The lowest BCUT2D eigenvalue weighted by atomic mass is 10.1. The minimum Gasteiger partial charge on any atom is -0.477 e. The van der Waals surface area contributed by atoms with Gasteiger partial charge in [-0.05, 0) is 6.07 Å². The highest BCUT2D eigenvalue weighted by Gasteiger charge is 2.21. The van der Waals surface area contributed by atoms with Crippen LogP contribution in [0.15, 0.2) is 12.1 Å². The first-order valence-electron chi connectivity index (χ1n) is 4.63. The number of carboxylic acids is 1. The summed E-state index contributed by atoms with van der Waals surface area (Å²) < 4.78 is 27.3. The van der Waals surface area contributed by atoms with E-state index >= 15 is 0 Å². The third-order valence-electron chi connectivity index (χ3n) is 2.60. The van der Waals surface area contributed by atoms with Crippen molar-refractivity contribution in [3.05, 3.63) is 35.0 Å². The molecule has 6 heteroatoms. The minimum atomic E-state index is -1.33. The van der Waals surface area contributed by atoms with Gasteiger partial charge in [0.25, 0.3) is 0 Å². The number of aromatic carboxylic acids is 1. The Labute approximate surface area is 94.1 Å². The molecule has 1 heterocycles. The molecule has 0 spiro atoms. The predicted molar refractivity (Wildman–Crippen MR) is 55.2 cm³/mol. The monoisotopic (exact) mass is 239 g/mol. The van der Waals surface area contributed by atoms with Gasteiger partial charge in [0, 0.05) is 18.5 Å². The van der Waals surface area contributed by atoms with E-state index in [9.17, 15) is 18.4 Å². The SMILES string of the molecule is Cn1c(C(=O)O)c(C=O)c2cc(F)c(F)cc21. The molecule has 4 nitrogen and oxygen atoms in total. The third-order valence-corrected chi connectivity index (χ3v) is 2.60. The fourth-order valence-corrected chi connectivity index (χ4v) is 1.84. The highest BCUT2D eigenvalue weighted by molar-refractivity contribution is 6.08. The van der Waals surface area contributed by atoms with Crippen molar-refractivity contribution in [2.75, 3.05) is 0 Å². The molecule has 17 heavy (non-hydrogen) atoms. The van der Waals surface area contributed by atoms with Gasteiger partial charge in [-0.25, -0.2) is 13.6 Å². The molecule has 1 aromatic carbocycles. The molecule has 0 saturated heterocycles. The largest absolute Gasteiger partial charge is 0.477 e. The van der Waals surface area contributed by atoms with Crippen LogP contribution in [0, 0.1) is 11.6 Å². The smallest absolute Gasteiger partial charge is 0.353 e. The van der Waals surface area contributed by atoms with Gasteiger partial charge in [-0.2, -0.15) is 0 Å². The van der Waals surface area contributed by atoms with Crippen molar-refractivity contribution in [1.82, 2.24) is 4.57 Å². The standard InChI is InChI=1S/C11H7F2NO3/c1-14-9-3-8(13)7(12)2-5(9)6(4-15)10(14)11(16)17/h2-4H,1H3,(H,16,17). The zero-order valence-corrected chi connectivity index (χ0v) is 8.70. The van der Waals surface area contributed by atoms with Crippen molar-refractivity contribution in [2.24, 2.45) is 7.05 Å². The molecule has 0 aliphatic carbocycles. The van der Waals surface area contributed by atoms with E-state index in [1.54, 1.807) is 0 Å². The lowest BCUT2D eigenvalue weighted by Crippen LogP contribution is -2.06. The summed E-state index contributed by atoms with van der Waals surface area (Å²) in [6.45, 7) is 0. The average Bonchev–Trinajstić information content (AvgIpc) is 2.53. The highest BCUT2D eigenvalue weighted by atomic mass is 19.2. The van der Waals surface area contributed by atoms with Crippen LogP contribution in [0.4, 0.5) is 8.78 Å². The molecule has 88 valence electrons. The van der Waals surface area contributed by atoms with Crippen LogP contribution in [0.2, 0.25) is 0 Å². The molecule has 0 amide bonds. The van der Waals surface area contributed by atoms with E-state index < -0.39 is 17.6 Å². The van der Waals surface area contributed by atoms with Gasteiger partial charge >= 0.3 is 5.97 Å². The van der Waals surface area contributed by atoms with E-state index in [2.05, 4.69) is 0 Å². The van der Waals surface area contributed by atoms with Crippen LogP contribution >= 0.6 is 0 Å². The van der Waals surface area contributed by atoms with Gasteiger partial charge in [-0.15, -0.1) is 0 Å². The summed E-state index contributed by atoms with van der Waals surface area (Å²) in [4.78, 5) is 21.8. The van der Waals surface area contributed by atoms with Gasteiger partial charge in [0.2, 0.25) is 0 Å². The first-order chi connectivity index (χ1) is 7.97. The van der Waals surface area contributed by atoms with E-state index in [1.807, 2.05) is 0 Å². The Bertz CT molecular complexity index is 646. The first kappa shape index (κ1) is 11.3. The van der Waals surface area contributed by atoms with Gasteiger partial charge in [-0.3, -0.25) is 4.79 Å². The van der Waals surface area contributed by atoms with Gasteiger partial charge in [-0.1, -0.05) is 0 Å². The quantitative estimate of drug-likeness (QED) is 0.815. The Kier molecular flexibility index (Phi) is 2.42. The number of rotatable bonds is 2. The van der Waals surface area contributed by atoms with E-state index in [-0.39, 0.29) is 22.2 Å². The second kappa shape index (κ2) is 3.65. The third kappa shape index (κ3) is 1.49. The lowest BCUT2D eigenvalue weighted by molar-refractivity contribution is 0.0684. The van der Waals surface area contributed by atoms with Gasteiger partial charge < -0.3 is 9.67 Å². The Morgan fingerprint density at radius 3 is 2.47 bits per heavy atom. The maximum absolute atomic E-state index is 13.1. The number of aryl methyl sites for hydroxylation is 1. The van der Waals surface area contributed by atoms with Crippen molar-refractivity contribution in [2.45, 2.75) is 0 Å². The maximum atomic E-state index is 13.1. The lowest BCUT2D eigenvalue weighted by Gasteiger charge is -1.99. The first-order valence-corrected chi connectivity index (χ1v) is 4.63. The molecule has 0 bridgehead atoms. The molecule has 0 unspecified atom stereocenters. The number of carbonyl (C=O) groups is 2. The molecule has 0 saturated carbocycles. The molecule has 0 aliphatic rings. The number of nitrogens with zero attached hydrogens (tertiary/aromatic N) is 1. The number of aldehydes is 1. The number of aromatic nitrogens is 1. The summed E-state index contributed by atoms with van der Waals surface area (Å²) in [5, 5.41) is 9.03. The number of carboxylic acid groups (broad SMARTS) is 1. The minimum absolute atomic E-state index is 0.0822. The van der Waals surface area contributed by atoms with Crippen LogP contribution in [0.25, 0.3) is 10.9 Å². The molecular formula is C11H7F2NO3. The number of hydrogen-bond donors (Lipinski definition) is 1. The summed E-state index contributed by atoms with van der Waals surface area (Å²) in [7, 11) is 1.37. The predicted octanol–water partition coefficient (Wildman–Crippen LogP) is 1.97. The molecule has 0 atom stereocenters. The molecular weight excluding hydrogens is 232 g/mol.